The van der Waals surface area contributed by atoms with Crippen molar-refractivity contribution in [2.24, 2.45) is 11.3 Å². The van der Waals surface area contributed by atoms with Crippen molar-refractivity contribution in [2.45, 2.75) is 70.8 Å². The molecule has 2 rings (SSSR count). The minimum atomic E-state index is -0.756. The molecular formula is C17H30N2O. The normalized spacial score (nSPS) is 39.4. The highest BCUT2D eigenvalue weighted by molar-refractivity contribution is 5.15. The minimum Gasteiger partial charge on any atom is -0.388 e. The Bertz CT molecular complexity index is 364. The van der Waals surface area contributed by atoms with Crippen LogP contribution in [0, 0.1) is 22.7 Å². The van der Waals surface area contributed by atoms with Crippen molar-refractivity contribution in [1.29, 1.82) is 5.26 Å². The maximum atomic E-state index is 11.3. The SMILES string of the molecule is CCCN1CCCC(O)(C2(C#N)CCC(CC)C2)CC1. The minimum absolute atomic E-state index is 0.476. The van der Waals surface area contributed by atoms with Crippen molar-refractivity contribution < 1.29 is 5.11 Å². The molecule has 114 valence electrons. The van der Waals surface area contributed by atoms with Gasteiger partial charge in [-0.15, -0.1) is 0 Å². The van der Waals surface area contributed by atoms with Crippen LogP contribution in [-0.4, -0.2) is 35.2 Å². The smallest absolute Gasteiger partial charge is 0.0863 e. The standard InChI is InChI=1S/C17H30N2O/c1-3-10-19-11-5-7-17(20,9-12-19)16(14-18)8-6-15(4-2)13-16/h15,20H,3-13H2,1-2H3. The molecule has 3 heteroatoms. The van der Waals surface area contributed by atoms with Gasteiger partial charge in [-0.05, 0) is 64.0 Å². The van der Waals surface area contributed by atoms with Gasteiger partial charge in [-0.2, -0.15) is 5.26 Å². The molecule has 0 aromatic heterocycles. The lowest BCUT2D eigenvalue weighted by atomic mass is 9.67. The van der Waals surface area contributed by atoms with Crippen molar-refractivity contribution in [3.63, 3.8) is 0 Å². The number of rotatable bonds is 4. The average Bonchev–Trinajstić information content (AvgIpc) is 2.81. The second-order valence-corrected chi connectivity index (χ2v) is 6.94. The second kappa shape index (κ2) is 6.45. The molecule has 1 saturated heterocycles. The number of aliphatic hydroxyl groups is 1. The fourth-order valence-corrected chi connectivity index (χ4v) is 4.32. The molecule has 1 heterocycles. The first-order valence-electron chi connectivity index (χ1n) is 8.45. The fourth-order valence-electron chi connectivity index (χ4n) is 4.32. The first-order chi connectivity index (χ1) is 9.59. The van der Waals surface area contributed by atoms with E-state index in [0.717, 1.165) is 64.6 Å². The largest absolute Gasteiger partial charge is 0.388 e. The predicted molar refractivity (Wildman–Crippen MR) is 81.2 cm³/mol. The molecule has 1 saturated carbocycles. The van der Waals surface area contributed by atoms with E-state index in [1.807, 2.05) is 0 Å². The van der Waals surface area contributed by atoms with Gasteiger partial charge in [0.05, 0.1) is 17.1 Å². The van der Waals surface area contributed by atoms with Gasteiger partial charge < -0.3 is 10.0 Å². The lowest BCUT2D eigenvalue weighted by Crippen LogP contribution is -2.47. The van der Waals surface area contributed by atoms with E-state index in [4.69, 9.17) is 0 Å². The molecule has 0 spiro atoms. The summed E-state index contributed by atoms with van der Waals surface area (Å²) < 4.78 is 0. The quantitative estimate of drug-likeness (QED) is 0.858. The molecule has 1 aliphatic heterocycles. The van der Waals surface area contributed by atoms with E-state index >= 15 is 0 Å². The molecule has 0 aromatic carbocycles. The molecule has 0 bridgehead atoms. The highest BCUT2D eigenvalue weighted by atomic mass is 16.3. The lowest BCUT2D eigenvalue weighted by molar-refractivity contribution is -0.0657. The number of hydrogen-bond acceptors (Lipinski definition) is 3. The van der Waals surface area contributed by atoms with Crippen LogP contribution in [0.1, 0.15) is 65.2 Å². The number of nitrogens with zero attached hydrogens (tertiary/aromatic N) is 2. The van der Waals surface area contributed by atoms with Crippen molar-refractivity contribution in [3.8, 4) is 6.07 Å². The van der Waals surface area contributed by atoms with Gasteiger partial charge in [-0.1, -0.05) is 20.3 Å². The molecular weight excluding hydrogens is 248 g/mol. The average molecular weight is 278 g/mol. The maximum absolute atomic E-state index is 11.3. The molecule has 3 atom stereocenters. The van der Waals surface area contributed by atoms with Gasteiger partial charge in [0.2, 0.25) is 0 Å². The molecule has 0 amide bonds. The number of hydrogen-bond donors (Lipinski definition) is 1. The van der Waals surface area contributed by atoms with E-state index in [-0.39, 0.29) is 0 Å². The predicted octanol–water partition coefficient (Wildman–Crippen LogP) is 3.33. The highest BCUT2D eigenvalue weighted by Crippen LogP contribution is 2.53. The molecule has 3 nitrogen and oxygen atoms in total. The molecule has 1 aliphatic carbocycles. The van der Waals surface area contributed by atoms with Crippen molar-refractivity contribution in [3.05, 3.63) is 0 Å². The summed E-state index contributed by atoms with van der Waals surface area (Å²) in [6.45, 7) is 7.56. The zero-order valence-corrected chi connectivity index (χ0v) is 13.2. The Hall–Kier alpha value is -0.590. The van der Waals surface area contributed by atoms with Crippen LogP contribution in [0.25, 0.3) is 0 Å². The molecule has 1 N–H and O–H groups in total. The first kappa shape index (κ1) is 15.8. The topological polar surface area (TPSA) is 47.3 Å². The first-order valence-corrected chi connectivity index (χ1v) is 8.45. The van der Waals surface area contributed by atoms with Gasteiger partial charge in [0.1, 0.15) is 0 Å². The van der Waals surface area contributed by atoms with Crippen molar-refractivity contribution in [2.75, 3.05) is 19.6 Å². The van der Waals surface area contributed by atoms with E-state index in [9.17, 15) is 10.4 Å². The van der Waals surface area contributed by atoms with E-state index in [0.29, 0.717) is 5.92 Å². The molecule has 20 heavy (non-hydrogen) atoms. The van der Waals surface area contributed by atoms with E-state index in [2.05, 4.69) is 24.8 Å². The van der Waals surface area contributed by atoms with Crippen LogP contribution in [0.5, 0.6) is 0 Å². The number of nitriles is 1. The van der Waals surface area contributed by atoms with Gasteiger partial charge in [-0.3, -0.25) is 0 Å². The van der Waals surface area contributed by atoms with Gasteiger partial charge in [0.25, 0.3) is 0 Å². The van der Waals surface area contributed by atoms with Crippen molar-refractivity contribution in [1.82, 2.24) is 4.90 Å². The summed E-state index contributed by atoms with van der Waals surface area (Å²) in [5.74, 6) is 0.633. The van der Waals surface area contributed by atoms with Gasteiger partial charge in [0, 0.05) is 6.54 Å². The maximum Gasteiger partial charge on any atom is 0.0863 e. The summed E-state index contributed by atoms with van der Waals surface area (Å²) in [6, 6.07) is 2.56. The van der Waals surface area contributed by atoms with Crippen molar-refractivity contribution >= 4 is 0 Å². The van der Waals surface area contributed by atoms with Crippen LogP contribution in [0.3, 0.4) is 0 Å². The molecule has 2 fully saturated rings. The Morgan fingerprint density at radius 2 is 2.05 bits per heavy atom. The summed E-state index contributed by atoms with van der Waals surface area (Å²) in [7, 11) is 0. The third-order valence-corrected chi connectivity index (χ3v) is 5.74. The van der Waals surface area contributed by atoms with Crippen LogP contribution in [0.2, 0.25) is 0 Å². The summed E-state index contributed by atoms with van der Waals surface area (Å²) in [5, 5.41) is 21.0. The zero-order chi connectivity index (χ0) is 14.6. The second-order valence-electron chi connectivity index (χ2n) is 6.94. The summed E-state index contributed by atoms with van der Waals surface area (Å²) >= 11 is 0. The van der Waals surface area contributed by atoms with Gasteiger partial charge in [-0.25, -0.2) is 0 Å². The molecule has 3 unspecified atom stereocenters. The van der Waals surface area contributed by atoms with Crippen LogP contribution in [-0.2, 0) is 0 Å². The Labute approximate surface area is 124 Å². The summed E-state index contributed by atoms with van der Waals surface area (Å²) in [4.78, 5) is 2.45. The van der Waals surface area contributed by atoms with Crippen LogP contribution >= 0.6 is 0 Å². The number of likely N-dealkylation sites (tertiary alicyclic amines) is 1. The fraction of sp³-hybridized carbons (Fsp3) is 0.941. The molecule has 0 aromatic rings. The Morgan fingerprint density at radius 1 is 1.25 bits per heavy atom. The third kappa shape index (κ3) is 2.87. The molecule has 2 aliphatic rings. The Morgan fingerprint density at radius 3 is 2.65 bits per heavy atom. The monoisotopic (exact) mass is 278 g/mol. The highest BCUT2D eigenvalue weighted by Gasteiger charge is 2.54. The Kier molecular flexibility index (Phi) is 5.09. The molecule has 0 radical (unpaired) electrons. The van der Waals surface area contributed by atoms with Crippen LogP contribution in [0.15, 0.2) is 0 Å². The lowest BCUT2D eigenvalue weighted by Gasteiger charge is -2.40. The van der Waals surface area contributed by atoms with E-state index < -0.39 is 11.0 Å². The summed E-state index contributed by atoms with van der Waals surface area (Å²) in [6.07, 6.45) is 7.83. The van der Waals surface area contributed by atoms with Gasteiger partial charge in [0.15, 0.2) is 0 Å². The van der Waals surface area contributed by atoms with Crippen LogP contribution in [0.4, 0.5) is 0 Å². The zero-order valence-electron chi connectivity index (χ0n) is 13.2. The van der Waals surface area contributed by atoms with Crippen LogP contribution < -0.4 is 0 Å². The van der Waals surface area contributed by atoms with E-state index in [1.54, 1.807) is 0 Å². The van der Waals surface area contributed by atoms with E-state index in [1.165, 1.54) is 6.42 Å². The third-order valence-electron chi connectivity index (χ3n) is 5.74. The Balaban J connectivity index is 2.11. The van der Waals surface area contributed by atoms with Gasteiger partial charge >= 0.3 is 0 Å². The summed E-state index contributed by atoms with van der Waals surface area (Å²) in [5.41, 5.74) is -1.23.